The molecule has 0 spiro atoms. The quantitative estimate of drug-likeness (QED) is 0.883. The van der Waals surface area contributed by atoms with Crippen LogP contribution < -0.4 is 10.1 Å². The molecule has 0 radical (unpaired) electrons. The molecule has 0 aliphatic heterocycles. The van der Waals surface area contributed by atoms with Crippen LogP contribution in [0.25, 0.3) is 0 Å². The van der Waals surface area contributed by atoms with Crippen LogP contribution in [0.15, 0.2) is 12.1 Å². The summed E-state index contributed by atoms with van der Waals surface area (Å²) in [5.74, 6) is 0.752. The standard InChI is InChI=1S/C12H16F3NO/c1-8-9(2)11(17-3)5-4-10(8)6-16-7-12(13,14)15/h4-5,16H,6-7H2,1-3H3. The Morgan fingerprint density at radius 2 is 1.82 bits per heavy atom. The fourth-order valence-electron chi connectivity index (χ4n) is 1.60. The van der Waals surface area contributed by atoms with Gasteiger partial charge in [0.25, 0.3) is 0 Å². The Kier molecular flexibility index (Phi) is 4.40. The molecule has 5 heteroatoms. The highest BCUT2D eigenvalue weighted by molar-refractivity contribution is 5.43. The van der Waals surface area contributed by atoms with Crippen molar-refractivity contribution in [2.45, 2.75) is 26.6 Å². The summed E-state index contributed by atoms with van der Waals surface area (Å²) in [4.78, 5) is 0. The maximum Gasteiger partial charge on any atom is 0.401 e. The van der Waals surface area contributed by atoms with E-state index in [2.05, 4.69) is 5.32 Å². The van der Waals surface area contributed by atoms with E-state index in [0.717, 1.165) is 22.4 Å². The van der Waals surface area contributed by atoms with E-state index in [1.54, 1.807) is 19.2 Å². The van der Waals surface area contributed by atoms with Gasteiger partial charge in [-0.25, -0.2) is 0 Å². The molecule has 1 aromatic carbocycles. The van der Waals surface area contributed by atoms with Crippen molar-refractivity contribution in [2.75, 3.05) is 13.7 Å². The van der Waals surface area contributed by atoms with E-state index in [0.29, 0.717) is 0 Å². The van der Waals surface area contributed by atoms with Crippen LogP contribution in [-0.4, -0.2) is 19.8 Å². The molecule has 0 amide bonds. The number of hydrogen-bond acceptors (Lipinski definition) is 2. The molecule has 96 valence electrons. The summed E-state index contributed by atoms with van der Waals surface area (Å²) in [5, 5.41) is 2.38. The lowest BCUT2D eigenvalue weighted by Gasteiger charge is -2.14. The van der Waals surface area contributed by atoms with Gasteiger partial charge in [0.05, 0.1) is 13.7 Å². The third-order valence-electron chi connectivity index (χ3n) is 2.71. The summed E-state index contributed by atoms with van der Waals surface area (Å²) in [6.45, 7) is 3.00. The van der Waals surface area contributed by atoms with Gasteiger partial charge < -0.3 is 10.1 Å². The first-order chi connectivity index (χ1) is 7.85. The smallest absolute Gasteiger partial charge is 0.401 e. The van der Waals surface area contributed by atoms with Gasteiger partial charge in [-0.3, -0.25) is 0 Å². The molecular formula is C12H16F3NO. The van der Waals surface area contributed by atoms with Crippen molar-refractivity contribution in [1.29, 1.82) is 0 Å². The summed E-state index contributed by atoms with van der Waals surface area (Å²) >= 11 is 0. The van der Waals surface area contributed by atoms with Crippen molar-refractivity contribution in [3.63, 3.8) is 0 Å². The van der Waals surface area contributed by atoms with Crippen molar-refractivity contribution >= 4 is 0 Å². The molecule has 0 unspecified atom stereocenters. The molecule has 0 heterocycles. The van der Waals surface area contributed by atoms with Crippen molar-refractivity contribution < 1.29 is 17.9 Å². The van der Waals surface area contributed by atoms with Crippen LogP contribution in [0, 0.1) is 13.8 Å². The maximum absolute atomic E-state index is 12.0. The van der Waals surface area contributed by atoms with Crippen molar-refractivity contribution in [3.8, 4) is 5.75 Å². The third kappa shape index (κ3) is 3.93. The Balaban J connectivity index is 2.70. The molecule has 1 rings (SSSR count). The highest BCUT2D eigenvalue weighted by Crippen LogP contribution is 2.24. The van der Waals surface area contributed by atoms with Crippen LogP contribution >= 0.6 is 0 Å². The third-order valence-corrected chi connectivity index (χ3v) is 2.71. The van der Waals surface area contributed by atoms with Gasteiger partial charge in [-0.05, 0) is 36.6 Å². The van der Waals surface area contributed by atoms with Gasteiger partial charge in [-0.15, -0.1) is 0 Å². The molecule has 0 aromatic heterocycles. The van der Waals surface area contributed by atoms with Crippen LogP contribution in [0.1, 0.15) is 16.7 Å². The molecule has 0 aliphatic rings. The summed E-state index contributed by atoms with van der Waals surface area (Å²) in [6, 6.07) is 3.55. The molecule has 1 aromatic rings. The normalized spacial score (nSPS) is 11.6. The van der Waals surface area contributed by atoms with Crippen molar-refractivity contribution in [1.82, 2.24) is 5.32 Å². The fraction of sp³-hybridized carbons (Fsp3) is 0.500. The van der Waals surface area contributed by atoms with Gasteiger partial charge in [0.1, 0.15) is 5.75 Å². The van der Waals surface area contributed by atoms with Gasteiger partial charge in [0.2, 0.25) is 0 Å². The minimum atomic E-state index is -4.17. The maximum atomic E-state index is 12.0. The van der Waals surface area contributed by atoms with Crippen molar-refractivity contribution in [3.05, 3.63) is 28.8 Å². The molecule has 0 bridgehead atoms. The lowest BCUT2D eigenvalue weighted by atomic mass is 10.0. The molecule has 0 saturated carbocycles. The molecule has 0 fully saturated rings. The average molecular weight is 247 g/mol. The molecule has 17 heavy (non-hydrogen) atoms. The first-order valence-electron chi connectivity index (χ1n) is 5.25. The summed E-state index contributed by atoms with van der Waals surface area (Å²) in [7, 11) is 1.57. The van der Waals surface area contributed by atoms with E-state index >= 15 is 0 Å². The minimum absolute atomic E-state index is 0.205. The zero-order valence-corrected chi connectivity index (χ0v) is 10.1. The van der Waals surface area contributed by atoms with E-state index in [1.165, 1.54) is 0 Å². The van der Waals surface area contributed by atoms with Crippen LogP contribution in [0.2, 0.25) is 0 Å². The SMILES string of the molecule is COc1ccc(CNCC(F)(F)F)c(C)c1C. The van der Waals surface area contributed by atoms with Crippen molar-refractivity contribution in [2.24, 2.45) is 0 Å². The summed E-state index contributed by atoms with van der Waals surface area (Å²) in [5.41, 5.74) is 2.77. The number of methoxy groups -OCH3 is 1. The molecule has 0 saturated heterocycles. The molecule has 1 N–H and O–H groups in total. The monoisotopic (exact) mass is 247 g/mol. The van der Waals surface area contributed by atoms with Crippen LogP contribution in [-0.2, 0) is 6.54 Å². The fourth-order valence-corrected chi connectivity index (χ4v) is 1.60. The number of halogens is 3. The summed E-state index contributed by atoms with van der Waals surface area (Å²) < 4.78 is 41.1. The molecule has 0 aliphatic carbocycles. The van der Waals surface area contributed by atoms with Crippen LogP contribution in [0.3, 0.4) is 0 Å². The summed E-state index contributed by atoms with van der Waals surface area (Å²) in [6.07, 6.45) is -4.17. The topological polar surface area (TPSA) is 21.3 Å². The number of alkyl halides is 3. The Morgan fingerprint density at radius 3 is 2.35 bits per heavy atom. The van der Waals surface area contributed by atoms with Gasteiger partial charge >= 0.3 is 6.18 Å². The Bertz CT molecular complexity index is 388. The Morgan fingerprint density at radius 1 is 1.18 bits per heavy atom. The predicted octanol–water partition coefficient (Wildman–Crippen LogP) is 2.96. The second-order valence-corrected chi connectivity index (χ2v) is 3.90. The Labute approximate surface area is 98.8 Å². The van der Waals surface area contributed by atoms with Gasteiger partial charge in [-0.2, -0.15) is 13.2 Å². The largest absolute Gasteiger partial charge is 0.496 e. The zero-order chi connectivity index (χ0) is 13.1. The van der Waals surface area contributed by atoms with Crippen LogP contribution in [0.5, 0.6) is 5.75 Å². The van der Waals surface area contributed by atoms with E-state index in [1.807, 2.05) is 13.8 Å². The second-order valence-electron chi connectivity index (χ2n) is 3.90. The Hall–Kier alpha value is -1.23. The number of rotatable bonds is 4. The lowest BCUT2D eigenvalue weighted by molar-refractivity contribution is -0.125. The van der Waals surface area contributed by atoms with Gasteiger partial charge in [0, 0.05) is 6.54 Å². The lowest BCUT2D eigenvalue weighted by Crippen LogP contribution is -2.28. The second kappa shape index (κ2) is 5.40. The molecule has 2 nitrogen and oxygen atoms in total. The van der Waals surface area contributed by atoms with E-state index in [-0.39, 0.29) is 6.54 Å². The predicted molar refractivity (Wildman–Crippen MR) is 60.2 cm³/mol. The highest BCUT2D eigenvalue weighted by atomic mass is 19.4. The number of hydrogen-bond donors (Lipinski definition) is 1. The first kappa shape index (κ1) is 13.8. The molecular weight excluding hydrogens is 231 g/mol. The number of ether oxygens (including phenoxy) is 1. The van der Waals surface area contributed by atoms with Gasteiger partial charge in [0.15, 0.2) is 0 Å². The van der Waals surface area contributed by atoms with E-state index < -0.39 is 12.7 Å². The zero-order valence-electron chi connectivity index (χ0n) is 10.1. The first-order valence-corrected chi connectivity index (χ1v) is 5.25. The highest BCUT2D eigenvalue weighted by Gasteiger charge is 2.26. The average Bonchev–Trinajstić information content (AvgIpc) is 2.23. The van der Waals surface area contributed by atoms with Crippen LogP contribution in [0.4, 0.5) is 13.2 Å². The number of nitrogens with one attached hydrogen (secondary N) is 1. The van der Waals surface area contributed by atoms with Gasteiger partial charge in [-0.1, -0.05) is 6.07 Å². The molecule has 0 atom stereocenters. The van der Waals surface area contributed by atoms with E-state index in [9.17, 15) is 13.2 Å². The number of benzene rings is 1. The minimum Gasteiger partial charge on any atom is -0.496 e. The van der Waals surface area contributed by atoms with E-state index in [4.69, 9.17) is 4.74 Å².